The first-order valence-corrected chi connectivity index (χ1v) is 26.2. The van der Waals surface area contributed by atoms with Crippen LogP contribution in [0.2, 0.25) is 0 Å². The van der Waals surface area contributed by atoms with E-state index in [1.165, 1.54) is 4.90 Å². The maximum atomic E-state index is 14.4. The number of nitrogens with zero attached hydrogens (tertiary/aromatic N) is 6. The second kappa shape index (κ2) is 24.9. The predicted octanol–water partition coefficient (Wildman–Crippen LogP) is 12.3. The molecule has 1 unspecified atom stereocenters. The van der Waals surface area contributed by atoms with Gasteiger partial charge in [-0.1, -0.05) is 105 Å². The van der Waals surface area contributed by atoms with Gasteiger partial charge in [-0.05, 0) is 99.0 Å². The van der Waals surface area contributed by atoms with Crippen LogP contribution in [0.15, 0.2) is 152 Å². The molecular formula is C58H64N7O9P. The molecule has 0 radical (unpaired) electrons. The number of carbonyl (C=O) groups is 2. The minimum absolute atomic E-state index is 0.0143. The zero-order chi connectivity index (χ0) is 53.1. The number of hydrogen-bond acceptors (Lipinski definition) is 13. The van der Waals surface area contributed by atoms with E-state index in [1.54, 1.807) is 58.4 Å². The summed E-state index contributed by atoms with van der Waals surface area (Å²) in [5.41, 5.74) is 2.80. The Kier molecular flexibility index (Phi) is 17.9. The van der Waals surface area contributed by atoms with E-state index in [9.17, 15) is 14.9 Å². The van der Waals surface area contributed by atoms with Crippen LogP contribution < -0.4 is 24.4 Å². The summed E-state index contributed by atoms with van der Waals surface area (Å²) >= 11 is 0. The number of hydrogen-bond donors (Lipinski definition) is 1. The average molecular weight is 1030 g/mol. The van der Waals surface area contributed by atoms with Crippen LogP contribution in [0.5, 0.6) is 17.5 Å². The number of nitrogens with one attached hydrogen (secondary N) is 1. The summed E-state index contributed by atoms with van der Waals surface area (Å²) in [4.78, 5) is 38.7. The summed E-state index contributed by atoms with van der Waals surface area (Å²) in [5, 5.41) is 13.0. The number of carbonyl (C=O) groups excluding carboxylic acids is 2. The first-order chi connectivity index (χ1) is 36.3. The second-order valence-corrected chi connectivity index (χ2v) is 20.1. The standard InChI is InChI=1S/C58H64N7O9P/c1-39(2)55(66)60-53-49-33-35-63(54(49)62-56(61-53)73-57(67)64(45-21-14-10-15-22-45)46-23-16-11-17-24-46)52-37-50(74-75(71-36-18-34-59)65(40(3)4)41(5)6)51(72-52)38-70-58(42-19-12-9-13-20-42,43-25-29-47(68-7)30-26-43)44-27-31-48(69-8)32-28-44/h9-17,19-33,35,39-41,50-52H,18,36-38H2,1-8H3,(H,60,61,62,66)/t50-,51+,52+,75?/m0/s1. The Balaban J connectivity index is 1.23. The number of rotatable bonds is 22. The molecule has 0 aliphatic carbocycles. The van der Waals surface area contributed by atoms with Crippen molar-refractivity contribution in [1.29, 1.82) is 5.26 Å². The molecule has 7 aromatic rings. The van der Waals surface area contributed by atoms with Gasteiger partial charge in [0.1, 0.15) is 35.2 Å². The lowest BCUT2D eigenvalue weighted by atomic mass is 9.80. The highest BCUT2D eigenvalue weighted by Crippen LogP contribution is 2.51. The first-order valence-electron chi connectivity index (χ1n) is 25.1. The molecule has 75 heavy (non-hydrogen) atoms. The molecule has 1 saturated heterocycles. The summed E-state index contributed by atoms with van der Waals surface area (Å²) in [6, 6.07) is 47.6. The number of para-hydroxylation sites is 2. The monoisotopic (exact) mass is 1030 g/mol. The van der Waals surface area contributed by atoms with Crippen molar-refractivity contribution >= 4 is 48.8 Å². The van der Waals surface area contributed by atoms with E-state index in [0.717, 1.165) is 16.7 Å². The van der Waals surface area contributed by atoms with Crippen LogP contribution in [0.1, 0.15) is 77.3 Å². The third kappa shape index (κ3) is 12.3. The van der Waals surface area contributed by atoms with Crippen molar-refractivity contribution in [2.75, 3.05) is 37.7 Å². The third-order valence-electron chi connectivity index (χ3n) is 12.7. The molecule has 16 nitrogen and oxygen atoms in total. The zero-order valence-electron chi connectivity index (χ0n) is 43.5. The topological polar surface area (TPSA) is 172 Å². The first kappa shape index (κ1) is 54.1. The molecule has 0 bridgehead atoms. The van der Waals surface area contributed by atoms with Gasteiger partial charge in [-0.3, -0.25) is 4.79 Å². The minimum atomic E-state index is -1.75. The summed E-state index contributed by atoms with van der Waals surface area (Å²) < 4.78 is 49.6. The number of benzene rings is 5. The lowest BCUT2D eigenvalue weighted by Gasteiger charge is -2.39. The molecule has 5 aromatic carbocycles. The molecular weight excluding hydrogens is 970 g/mol. The lowest BCUT2D eigenvalue weighted by Crippen LogP contribution is -2.39. The fraction of sp³-hybridized carbons (Fsp3) is 0.328. The number of aromatic nitrogens is 3. The van der Waals surface area contributed by atoms with Gasteiger partial charge in [-0.15, -0.1) is 0 Å². The van der Waals surface area contributed by atoms with Gasteiger partial charge >= 0.3 is 12.1 Å². The molecule has 390 valence electrons. The Bertz CT molecular complexity index is 2920. The highest BCUT2D eigenvalue weighted by molar-refractivity contribution is 7.44. The largest absolute Gasteiger partial charge is 0.497 e. The Labute approximate surface area is 440 Å². The number of amides is 2. The normalized spacial score (nSPS) is 16.1. The molecule has 4 atom stereocenters. The van der Waals surface area contributed by atoms with Crippen LogP contribution in [0.25, 0.3) is 11.0 Å². The van der Waals surface area contributed by atoms with E-state index in [2.05, 4.69) is 48.7 Å². The van der Waals surface area contributed by atoms with Crippen LogP contribution in [-0.4, -0.2) is 82.9 Å². The Hall–Kier alpha value is -7.22. The van der Waals surface area contributed by atoms with E-state index in [-0.39, 0.29) is 55.9 Å². The Morgan fingerprint density at radius 3 is 1.84 bits per heavy atom. The van der Waals surface area contributed by atoms with Gasteiger partial charge in [0.05, 0.1) is 62.8 Å². The Morgan fingerprint density at radius 1 is 0.773 bits per heavy atom. The highest BCUT2D eigenvalue weighted by atomic mass is 31.2. The molecule has 2 aromatic heterocycles. The molecule has 0 spiro atoms. The van der Waals surface area contributed by atoms with Gasteiger partial charge in [0.2, 0.25) is 5.91 Å². The van der Waals surface area contributed by atoms with Crippen LogP contribution in [0.4, 0.5) is 22.0 Å². The van der Waals surface area contributed by atoms with Crippen molar-refractivity contribution in [3.63, 3.8) is 0 Å². The zero-order valence-corrected chi connectivity index (χ0v) is 44.4. The van der Waals surface area contributed by atoms with Crippen molar-refractivity contribution in [1.82, 2.24) is 19.2 Å². The van der Waals surface area contributed by atoms with Crippen molar-refractivity contribution in [3.05, 3.63) is 168 Å². The molecule has 17 heteroatoms. The van der Waals surface area contributed by atoms with E-state index in [1.807, 2.05) is 126 Å². The summed E-state index contributed by atoms with van der Waals surface area (Å²) in [7, 11) is 1.51. The van der Waals surface area contributed by atoms with Crippen molar-refractivity contribution in [2.24, 2.45) is 5.92 Å². The SMILES string of the molecule is COc1ccc(C(OC[C@H]2O[C@@H](n3ccc4c(NC(=O)C(C)C)nc(OC(=O)N(c5ccccc5)c5ccccc5)nc43)C[C@@H]2OP(OCCC#N)N(C(C)C)C(C)C)(c2ccccc2)c2ccc(OC)cc2)cc1. The van der Waals surface area contributed by atoms with E-state index >= 15 is 0 Å². The van der Waals surface area contributed by atoms with Crippen LogP contribution in [0, 0.1) is 17.2 Å². The Morgan fingerprint density at radius 2 is 1.32 bits per heavy atom. The average Bonchev–Trinajstić information content (AvgIpc) is 4.04. The van der Waals surface area contributed by atoms with Gasteiger partial charge in [0.15, 0.2) is 5.65 Å². The maximum Gasteiger partial charge on any atom is 0.426 e. The molecule has 1 N–H and O–H groups in total. The van der Waals surface area contributed by atoms with Gasteiger partial charge in [-0.25, -0.2) is 14.4 Å². The van der Waals surface area contributed by atoms with Gasteiger partial charge in [-0.2, -0.15) is 15.2 Å². The summed E-state index contributed by atoms with van der Waals surface area (Å²) in [6.07, 6.45) is -0.618. The fourth-order valence-electron chi connectivity index (χ4n) is 9.11. The molecule has 1 aliphatic rings. The smallest absolute Gasteiger partial charge is 0.426 e. The molecule has 8 rings (SSSR count). The predicted molar refractivity (Wildman–Crippen MR) is 289 cm³/mol. The van der Waals surface area contributed by atoms with Crippen molar-refractivity contribution in [3.8, 4) is 23.6 Å². The van der Waals surface area contributed by atoms with Gasteiger partial charge < -0.3 is 42.6 Å². The van der Waals surface area contributed by atoms with Crippen molar-refractivity contribution in [2.45, 2.75) is 90.5 Å². The summed E-state index contributed by atoms with van der Waals surface area (Å²) in [6.45, 7) is 12.1. The lowest BCUT2D eigenvalue weighted by molar-refractivity contribution is -0.118. The van der Waals surface area contributed by atoms with Crippen LogP contribution >= 0.6 is 8.53 Å². The number of fused-ring (bicyclic) bond motifs is 1. The number of methoxy groups -OCH3 is 2. The van der Waals surface area contributed by atoms with Gasteiger partial charge in [0, 0.05) is 30.6 Å². The second-order valence-electron chi connectivity index (χ2n) is 18.7. The quantitative estimate of drug-likeness (QED) is 0.0387. The van der Waals surface area contributed by atoms with E-state index in [0.29, 0.717) is 33.9 Å². The number of nitriles is 1. The van der Waals surface area contributed by atoms with E-state index < -0.39 is 44.6 Å². The molecule has 1 fully saturated rings. The van der Waals surface area contributed by atoms with Crippen molar-refractivity contribution < 1.29 is 42.3 Å². The maximum absolute atomic E-state index is 14.4. The fourth-order valence-corrected chi connectivity index (χ4v) is 10.9. The molecule has 0 saturated carbocycles. The third-order valence-corrected chi connectivity index (χ3v) is 14.9. The van der Waals surface area contributed by atoms with E-state index in [4.69, 9.17) is 37.7 Å². The van der Waals surface area contributed by atoms with Crippen LogP contribution in [0.3, 0.4) is 0 Å². The molecule has 3 heterocycles. The number of ether oxygens (including phenoxy) is 5. The summed E-state index contributed by atoms with van der Waals surface area (Å²) in [5.74, 6) is 0.841. The highest BCUT2D eigenvalue weighted by Gasteiger charge is 2.45. The number of anilines is 3. The molecule has 2 amide bonds. The minimum Gasteiger partial charge on any atom is -0.497 e. The van der Waals surface area contributed by atoms with Gasteiger partial charge in [0.25, 0.3) is 8.53 Å². The van der Waals surface area contributed by atoms with Crippen LogP contribution in [-0.2, 0) is 28.9 Å². The molecule has 1 aliphatic heterocycles.